The minimum absolute atomic E-state index is 0.303. The minimum Gasteiger partial charge on any atom is -0.334 e. The van der Waals surface area contributed by atoms with E-state index in [1.807, 2.05) is 6.92 Å². The van der Waals surface area contributed by atoms with E-state index in [1.165, 1.54) is 12.1 Å². The zero-order valence-electron chi connectivity index (χ0n) is 12.6. The molecule has 0 amide bonds. The molecule has 0 saturated carbocycles. The van der Waals surface area contributed by atoms with Crippen LogP contribution < -0.4 is 5.73 Å². The van der Waals surface area contributed by atoms with Crippen molar-refractivity contribution in [2.45, 2.75) is 26.8 Å². The number of hydrogen-bond donors (Lipinski definition) is 1. The van der Waals surface area contributed by atoms with Crippen LogP contribution in [0, 0.1) is 12.7 Å². The molecule has 6 heteroatoms. The molecule has 0 spiro atoms. The number of aryl methyl sites for hydroxylation is 1. The lowest BCUT2D eigenvalue weighted by Crippen LogP contribution is -2.32. The molecule has 2 N–H and O–H groups in total. The number of aromatic nitrogens is 2. The van der Waals surface area contributed by atoms with E-state index >= 15 is 0 Å². The Hall–Kier alpha value is -1.79. The zero-order valence-corrected chi connectivity index (χ0v) is 12.6. The summed E-state index contributed by atoms with van der Waals surface area (Å²) in [5.74, 6) is 0.417. The van der Waals surface area contributed by atoms with Gasteiger partial charge in [-0.2, -0.15) is 4.98 Å². The van der Waals surface area contributed by atoms with Crippen LogP contribution in [0.4, 0.5) is 4.39 Å². The van der Waals surface area contributed by atoms with Crippen molar-refractivity contribution in [3.8, 4) is 11.5 Å². The normalized spacial score (nSPS) is 12.9. The van der Waals surface area contributed by atoms with Crippen LogP contribution in [-0.4, -0.2) is 34.7 Å². The van der Waals surface area contributed by atoms with Crippen molar-refractivity contribution in [3.05, 3.63) is 35.4 Å². The molecule has 0 bridgehead atoms. The van der Waals surface area contributed by atoms with Crippen molar-refractivity contribution in [1.82, 2.24) is 15.0 Å². The molecule has 1 aromatic heterocycles. The van der Waals surface area contributed by atoms with Crippen LogP contribution in [0.15, 0.2) is 22.7 Å². The van der Waals surface area contributed by atoms with Gasteiger partial charge >= 0.3 is 0 Å². The number of hydrogen-bond acceptors (Lipinski definition) is 5. The average molecular weight is 292 g/mol. The monoisotopic (exact) mass is 292 g/mol. The van der Waals surface area contributed by atoms with Crippen molar-refractivity contribution in [2.75, 3.05) is 19.6 Å². The topological polar surface area (TPSA) is 68.2 Å². The Morgan fingerprint density at radius 3 is 2.71 bits per heavy atom. The molecule has 21 heavy (non-hydrogen) atoms. The first-order chi connectivity index (χ1) is 10.0. The first-order valence-electron chi connectivity index (χ1n) is 7.13. The van der Waals surface area contributed by atoms with E-state index in [1.54, 1.807) is 6.07 Å². The van der Waals surface area contributed by atoms with Gasteiger partial charge in [0.25, 0.3) is 5.89 Å². The Balaban J connectivity index is 2.19. The Bertz CT molecular complexity index is 595. The third-order valence-electron chi connectivity index (χ3n) is 3.55. The number of nitrogens with zero attached hydrogens (tertiary/aromatic N) is 3. The molecular weight excluding hydrogens is 271 g/mol. The Morgan fingerprint density at radius 1 is 1.33 bits per heavy atom. The van der Waals surface area contributed by atoms with Gasteiger partial charge in [-0.3, -0.25) is 0 Å². The molecule has 0 aliphatic carbocycles. The van der Waals surface area contributed by atoms with Crippen LogP contribution in [-0.2, 0) is 0 Å². The molecule has 0 saturated heterocycles. The van der Waals surface area contributed by atoms with Gasteiger partial charge in [0, 0.05) is 12.1 Å². The second-order valence-corrected chi connectivity index (χ2v) is 5.01. The highest BCUT2D eigenvalue weighted by atomic mass is 19.1. The van der Waals surface area contributed by atoms with Gasteiger partial charge in [-0.1, -0.05) is 25.1 Å². The van der Waals surface area contributed by atoms with Gasteiger partial charge in [0.15, 0.2) is 5.82 Å². The fourth-order valence-corrected chi connectivity index (χ4v) is 2.16. The maximum atomic E-state index is 13.3. The Labute approximate surface area is 123 Å². The van der Waals surface area contributed by atoms with E-state index in [9.17, 15) is 4.39 Å². The molecular formula is C15H21FN4O. The fourth-order valence-electron chi connectivity index (χ4n) is 2.16. The summed E-state index contributed by atoms with van der Waals surface area (Å²) in [6, 6.07) is 4.16. The quantitative estimate of drug-likeness (QED) is 0.886. The van der Waals surface area contributed by atoms with Gasteiger partial charge < -0.3 is 15.2 Å². The zero-order chi connectivity index (χ0) is 15.4. The second kappa shape index (κ2) is 6.78. The van der Waals surface area contributed by atoms with Crippen LogP contribution in [0.1, 0.15) is 31.3 Å². The minimum atomic E-state index is -0.331. The molecule has 1 heterocycles. The van der Waals surface area contributed by atoms with Gasteiger partial charge in [0.1, 0.15) is 5.82 Å². The molecule has 1 atom stereocenters. The number of halogens is 1. The van der Waals surface area contributed by atoms with Gasteiger partial charge in [0.2, 0.25) is 0 Å². The van der Waals surface area contributed by atoms with Crippen molar-refractivity contribution in [1.29, 1.82) is 0 Å². The van der Waals surface area contributed by atoms with Crippen molar-refractivity contribution < 1.29 is 8.91 Å². The van der Waals surface area contributed by atoms with Crippen LogP contribution in [0.5, 0.6) is 0 Å². The first-order valence-corrected chi connectivity index (χ1v) is 7.13. The van der Waals surface area contributed by atoms with Crippen molar-refractivity contribution in [3.63, 3.8) is 0 Å². The van der Waals surface area contributed by atoms with E-state index < -0.39 is 0 Å². The lowest BCUT2D eigenvalue weighted by molar-refractivity contribution is 0.278. The largest absolute Gasteiger partial charge is 0.334 e. The van der Waals surface area contributed by atoms with Crippen LogP contribution in [0.25, 0.3) is 11.5 Å². The lowest BCUT2D eigenvalue weighted by atomic mass is 10.1. The number of rotatable bonds is 6. The SMILES string of the molecule is CCN(CC)CC(N)c1noc(-c2cc(F)ccc2C)n1. The lowest BCUT2D eigenvalue weighted by Gasteiger charge is -2.20. The summed E-state index contributed by atoms with van der Waals surface area (Å²) in [7, 11) is 0. The summed E-state index contributed by atoms with van der Waals surface area (Å²) in [6.45, 7) is 8.51. The van der Waals surface area contributed by atoms with Gasteiger partial charge in [-0.25, -0.2) is 4.39 Å². The van der Waals surface area contributed by atoms with Gasteiger partial charge in [0.05, 0.1) is 6.04 Å². The molecule has 2 aromatic rings. The summed E-state index contributed by atoms with van der Waals surface area (Å²) < 4.78 is 18.6. The summed E-state index contributed by atoms with van der Waals surface area (Å²) in [6.07, 6.45) is 0. The second-order valence-electron chi connectivity index (χ2n) is 5.01. The predicted molar refractivity (Wildman–Crippen MR) is 79.1 cm³/mol. The molecule has 1 unspecified atom stereocenters. The molecule has 2 rings (SSSR count). The van der Waals surface area contributed by atoms with Crippen LogP contribution in [0.3, 0.4) is 0 Å². The molecule has 0 aliphatic heterocycles. The summed E-state index contributed by atoms with van der Waals surface area (Å²) in [5, 5.41) is 3.92. The van der Waals surface area contributed by atoms with E-state index in [-0.39, 0.29) is 11.9 Å². The number of benzene rings is 1. The maximum Gasteiger partial charge on any atom is 0.258 e. The van der Waals surface area contributed by atoms with Crippen molar-refractivity contribution >= 4 is 0 Å². The fraction of sp³-hybridized carbons (Fsp3) is 0.467. The summed E-state index contributed by atoms with van der Waals surface area (Å²) >= 11 is 0. The molecule has 114 valence electrons. The molecule has 5 nitrogen and oxygen atoms in total. The highest BCUT2D eigenvalue weighted by Crippen LogP contribution is 2.23. The Morgan fingerprint density at radius 2 is 2.05 bits per heavy atom. The van der Waals surface area contributed by atoms with Gasteiger partial charge in [-0.15, -0.1) is 0 Å². The maximum absolute atomic E-state index is 13.3. The smallest absolute Gasteiger partial charge is 0.258 e. The van der Waals surface area contributed by atoms with E-state index in [0.717, 1.165) is 18.7 Å². The predicted octanol–water partition coefficient (Wildman–Crippen LogP) is 2.53. The summed E-state index contributed by atoms with van der Waals surface area (Å²) in [5.41, 5.74) is 7.59. The van der Waals surface area contributed by atoms with Crippen LogP contribution >= 0.6 is 0 Å². The molecule has 0 fully saturated rings. The first kappa shape index (κ1) is 15.6. The van der Waals surface area contributed by atoms with Crippen molar-refractivity contribution in [2.24, 2.45) is 5.73 Å². The highest BCUT2D eigenvalue weighted by molar-refractivity contribution is 5.58. The van der Waals surface area contributed by atoms with E-state index in [2.05, 4.69) is 28.9 Å². The number of likely N-dealkylation sites (N-methyl/N-ethyl adjacent to an activating group) is 1. The Kier molecular flexibility index (Phi) is 5.03. The third kappa shape index (κ3) is 3.65. The third-order valence-corrected chi connectivity index (χ3v) is 3.55. The standard InChI is InChI=1S/C15H21FN4O/c1-4-20(5-2)9-13(17)14-18-15(21-19-14)12-8-11(16)7-6-10(12)3/h6-8,13H,4-5,9,17H2,1-3H3. The molecule has 0 aliphatic rings. The van der Waals surface area contributed by atoms with Gasteiger partial charge in [-0.05, 0) is 37.7 Å². The van der Waals surface area contributed by atoms with Crippen LogP contribution in [0.2, 0.25) is 0 Å². The van der Waals surface area contributed by atoms with E-state index in [4.69, 9.17) is 10.3 Å². The highest BCUT2D eigenvalue weighted by Gasteiger charge is 2.18. The molecule has 0 radical (unpaired) electrons. The van der Waals surface area contributed by atoms with E-state index in [0.29, 0.717) is 23.8 Å². The summed E-state index contributed by atoms with van der Waals surface area (Å²) in [4.78, 5) is 6.50. The molecule has 1 aromatic carbocycles. The number of nitrogens with two attached hydrogens (primary N) is 1. The average Bonchev–Trinajstić information content (AvgIpc) is 2.96.